The van der Waals surface area contributed by atoms with E-state index in [9.17, 15) is 13.2 Å². The maximum Gasteiger partial charge on any atom is 0.416 e. The Labute approximate surface area is 137 Å². The molecule has 0 fully saturated rings. The largest absolute Gasteiger partial charge is 0.416 e. The van der Waals surface area contributed by atoms with Crippen molar-refractivity contribution in [2.75, 3.05) is 0 Å². The van der Waals surface area contributed by atoms with E-state index in [0.717, 1.165) is 12.1 Å². The molecule has 9 heteroatoms. The molecule has 23 heavy (non-hydrogen) atoms. The van der Waals surface area contributed by atoms with Crippen LogP contribution in [0.15, 0.2) is 39.4 Å². The molecule has 1 aromatic carbocycles. The molecule has 0 aliphatic rings. The van der Waals surface area contributed by atoms with E-state index in [1.54, 1.807) is 10.9 Å². The second-order valence-electron chi connectivity index (χ2n) is 4.67. The number of aromatic nitrogens is 4. The van der Waals surface area contributed by atoms with Crippen LogP contribution in [-0.4, -0.2) is 20.0 Å². The van der Waals surface area contributed by atoms with Crippen molar-refractivity contribution in [2.24, 2.45) is 0 Å². The minimum atomic E-state index is -4.43. The van der Waals surface area contributed by atoms with Crippen LogP contribution in [0.4, 0.5) is 13.2 Å². The molecule has 0 spiro atoms. The molecule has 0 radical (unpaired) electrons. The summed E-state index contributed by atoms with van der Waals surface area (Å²) in [4.78, 5) is 0. The summed E-state index contributed by atoms with van der Waals surface area (Å²) in [6, 6.07) is 4.73. The van der Waals surface area contributed by atoms with Crippen LogP contribution in [-0.2, 0) is 12.7 Å². The molecule has 0 N–H and O–H groups in total. The zero-order chi connectivity index (χ0) is 16.6. The standard InChI is InChI=1S/C14H10BrF3N4O/c1-2-22-7-10(15)11(21-22)13-20-19-12(23-13)8-4-3-5-9(6-8)14(16,17)18/h3-7H,2H2,1H3. The molecule has 0 unspecified atom stereocenters. The van der Waals surface area contributed by atoms with Crippen LogP contribution in [0.1, 0.15) is 12.5 Å². The summed E-state index contributed by atoms with van der Waals surface area (Å²) in [6.45, 7) is 2.58. The minimum Gasteiger partial charge on any atom is -0.414 e. The van der Waals surface area contributed by atoms with Crippen LogP contribution in [0.25, 0.3) is 23.0 Å². The van der Waals surface area contributed by atoms with Gasteiger partial charge in [-0.2, -0.15) is 18.3 Å². The van der Waals surface area contributed by atoms with Crippen molar-refractivity contribution < 1.29 is 17.6 Å². The number of aryl methyl sites for hydroxylation is 1. The van der Waals surface area contributed by atoms with E-state index in [1.807, 2.05) is 6.92 Å². The van der Waals surface area contributed by atoms with Gasteiger partial charge in [-0.25, -0.2) is 0 Å². The topological polar surface area (TPSA) is 56.7 Å². The molecule has 0 bridgehead atoms. The van der Waals surface area contributed by atoms with Gasteiger partial charge in [0.15, 0.2) is 5.69 Å². The number of hydrogen-bond acceptors (Lipinski definition) is 4. The Morgan fingerprint density at radius 3 is 2.61 bits per heavy atom. The van der Waals surface area contributed by atoms with Crippen LogP contribution >= 0.6 is 15.9 Å². The molecule has 0 amide bonds. The summed E-state index contributed by atoms with van der Waals surface area (Å²) in [5.41, 5.74) is -0.131. The second-order valence-corrected chi connectivity index (χ2v) is 5.53. The minimum absolute atomic E-state index is 0.00375. The zero-order valence-corrected chi connectivity index (χ0v) is 13.4. The normalized spacial score (nSPS) is 11.9. The Bertz CT molecular complexity index is 841. The lowest BCUT2D eigenvalue weighted by atomic mass is 10.1. The molecule has 0 aliphatic heterocycles. The van der Waals surface area contributed by atoms with Gasteiger partial charge in [-0.05, 0) is 41.1 Å². The van der Waals surface area contributed by atoms with Crippen molar-refractivity contribution in [3.63, 3.8) is 0 Å². The Balaban J connectivity index is 1.97. The van der Waals surface area contributed by atoms with Gasteiger partial charge in [0.25, 0.3) is 5.89 Å². The molecule has 2 heterocycles. The lowest BCUT2D eigenvalue weighted by Crippen LogP contribution is -2.04. The molecule has 0 aliphatic carbocycles. The molecule has 2 aromatic heterocycles. The van der Waals surface area contributed by atoms with Crippen molar-refractivity contribution in [1.29, 1.82) is 0 Å². The smallest absolute Gasteiger partial charge is 0.414 e. The third-order valence-electron chi connectivity index (χ3n) is 3.11. The van der Waals surface area contributed by atoms with E-state index >= 15 is 0 Å². The fraction of sp³-hybridized carbons (Fsp3) is 0.214. The molecule has 3 aromatic rings. The molecular weight excluding hydrogens is 377 g/mol. The van der Waals surface area contributed by atoms with Gasteiger partial charge in [0.1, 0.15) is 0 Å². The third-order valence-corrected chi connectivity index (χ3v) is 3.69. The average Bonchev–Trinajstić information content (AvgIpc) is 3.12. The quantitative estimate of drug-likeness (QED) is 0.669. The van der Waals surface area contributed by atoms with Crippen LogP contribution in [0.5, 0.6) is 0 Å². The van der Waals surface area contributed by atoms with E-state index < -0.39 is 11.7 Å². The van der Waals surface area contributed by atoms with Gasteiger partial charge in [-0.1, -0.05) is 6.07 Å². The van der Waals surface area contributed by atoms with Gasteiger partial charge < -0.3 is 4.42 Å². The van der Waals surface area contributed by atoms with Crippen molar-refractivity contribution in [2.45, 2.75) is 19.6 Å². The third kappa shape index (κ3) is 3.14. The van der Waals surface area contributed by atoms with Crippen LogP contribution in [0.2, 0.25) is 0 Å². The number of halogens is 4. The lowest BCUT2D eigenvalue weighted by molar-refractivity contribution is -0.137. The first kappa shape index (κ1) is 15.7. The van der Waals surface area contributed by atoms with Crippen molar-refractivity contribution in [3.05, 3.63) is 40.5 Å². The molecule has 0 saturated heterocycles. The van der Waals surface area contributed by atoms with E-state index in [4.69, 9.17) is 4.42 Å². The number of nitrogens with zero attached hydrogens (tertiary/aromatic N) is 4. The monoisotopic (exact) mass is 386 g/mol. The van der Waals surface area contributed by atoms with E-state index in [0.29, 0.717) is 16.7 Å². The summed E-state index contributed by atoms with van der Waals surface area (Å²) < 4.78 is 46.1. The molecule has 0 atom stereocenters. The molecule has 5 nitrogen and oxygen atoms in total. The Morgan fingerprint density at radius 2 is 1.96 bits per heavy atom. The molecule has 120 valence electrons. The highest BCUT2D eigenvalue weighted by molar-refractivity contribution is 9.10. The number of hydrogen-bond donors (Lipinski definition) is 0. The van der Waals surface area contributed by atoms with Gasteiger partial charge in [-0.15, -0.1) is 10.2 Å². The maximum atomic E-state index is 12.8. The number of benzene rings is 1. The van der Waals surface area contributed by atoms with E-state index in [-0.39, 0.29) is 17.3 Å². The number of rotatable bonds is 3. The van der Waals surface area contributed by atoms with Crippen LogP contribution < -0.4 is 0 Å². The fourth-order valence-corrected chi connectivity index (χ4v) is 2.45. The molecule has 3 rings (SSSR count). The maximum absolute atomic E-state index is 12.8. The zero-order valence-electron chi connectivity index (χ0n) is 11.8. The van der Waals surface area contributed by atoms with Crippen molar-refractivity contribution in [1.82, 2.24) is 20.0 Å². The molecule has 0 saturated carbocycles. The van der Waals surface area contributed by atoms with Gasteiger partial charge in [-0.3, -0.25) is 4.68 Å². The summed E-state index contributed by atoms with van der Waals surface area (Å²) in [5.74, 6) is 0.139. The predicted molar refractivity (Wildman–Crippen MR) is 79.3 cm³/mol. The first-order valence-electron chi connectivity index (χ1n) is 6.63. The first-order valence-corrected chi connectivity index (χ1v) is 7.42. The lowest BCUT2D eigenvalue weighted by Gasteiger charge is -2.06. The van der Waals surface area contributed by atoms with Gasteiger partial charge in [0.2, 0.25) is 5.89 Å². The summed E-state index contributed by atoms with van der Waals surface area (Å²) in [5, 5.41) is 11.9. The Morgan fingerprint density at radius 1 is 1.22 bits per heavy atom. The highest BCUT2D eigenvalue weighted by Crippen LogP contribution is 2.33. The van der Waals surface area contributed by atoms with Gasteiger partial charge >= 0.3 is 6.18 Å². The van der Waals surface area contributed by atoms with E-state index in [2.05, 4.69) is 31.2 Å². The number of alkyl halides is 3. The second kappa shape index (κ2) is 5.80. The van der Waals surface area contributed by atoms with Crippen LogP contribution in [0, 0.1) is 0 Å². The summed E-state index contributed by atoms with van der Waals surface area (Å²) in [7, 11) is 0. The Kier molecular flexibility index (Phi) is 3.97. The SMILES string of the molecule is CCn1cc(Br)c(-c2nnc(-c3cccc(C(F)(F)F)c3)o2)n1. The molecular formula is C14H10BrF3N4O. The van der Waals surface area contributed by atoms with Gasteiger partial charge in [0, 0.05) is 18.3 Å². The van der Waals surface area contributed by atoms with Gasteiger partial charge in [0.05, 0.1) is 10.0 Å². The van der Waals surface area contributed by atoms with Crippen LogP contribution in [0.3, 0.4) is 0 Å². The fourth-order valence-electron chi connectivity index (χ4n) is 1.97. The summed E-state index contributed by atoms with van der Waals surface area (Å²) in [6.07, 6.45) is -2.68. The highest BCUT2D eigenvalue weighted by atomic mass is 79.9. The van der Waals surface area contributed by atoms with E-state index in [1.165, 1.54) is 12.1 Å². The summed E-state index contributed by atoms with van der Waals surface area (Å²) >= 11 is 3.34. The average molecular weight is 387 g/mol. The van der Waals surface area contributed by atoms with Crippen molar-refractivity contribution in [3.8, 4) is 23.0 Å². The Hall–Kier alpha value is -2.16. The van der Waals surface area contributed by atoms with Crippen molar-refractivity contribution >= 4 is 15.9 Å². The highest BCUT2D eigenvalue weighted by Gasteiger charge is 2.31. The predicted octanol–water partition coefficient (Wildman–Crippen LogP) is 4.40. The first-order chi connectivity index (χ1) is 10.9.